The van der Waals surface area contributed by atoms with Gasteiger partial charge < -0.3 is 4.90 Å². The highest BCUT2D eigenvalue weighted by Gasteiger charge is 2.41. The van der Waals surface area contributed by atoms with Gasteiger partial charge in [0.15, 0.2) is 0 Å². The van der Waals surface area contributed by atoms with Gasteiger partial charge in [0.1, 0.15) is 5.01 Å². The van der Waals surface area contributed by atoms with Gasteiger partial charge in [0.2, 0.25) is 15.9 Å². The molecule has 28 heavy (non-hydrogen) atoms. The summed E-state index contributed by atoms with van der Waals surface area (Å²) in [5, 5.41) is 2.92. The maximum absolute atomic E-state index is 12.9. The molecule has 0 spiro atoms. The van der Waals surface area contributed by atoms with Crippen molar-refractivity contribution >= 4 is 27.3 Å². The third kappa shape index (κ3) is 4.98. The smallest absolute Gasteiger partial charge is 0.228 e. The van der Waals surface area contributed by atoms with E-state index in [2.05, 4.69) is 4.72 Å². The standard InChI is InChI=1S/C20H27N3O3S2/c1-20(2,3)19(24)23-11-10-16(22-28(4,25)26)17(23)12-15-13-27-18(21-15)14-8-6-5-7-9-14/h5-9,13,16-17,22H,10-12H2,1-4H3/t16-,17-/m1/s1. The summed E-state index contributed by atoms with van der Waals surface area (Å²) in [4.78, 5) is 19.5. The fraction of sp³-hybridized carbons (Fsp3) is 0.500. The van der Waals surface area contributed by atoms with Gasteiger partial charge in [-0.3, -0.25) is 4.79 Å². The average Bonchev–Trinajstić information content (AvgIpc) is 3.21. The first-order chi connectivity index (χ1) is 13.0. The molecule has 8 heteroatoms. The fourth-order valence-electron chi connectivity index (χ4n) is 3.53. The number of nitrogens with zero attached hydrogens (tertiary/aromatic N) is 2. The van der Waals surface area contributed by atoms with E-state index in [1.54, 1.807) is 11.3 Å². The van der Waals surface area contributed by atoms with Gasteiger partial charge in [0.05, 0.1) is 18.0 Å². The first kappa shape index (κ1) is 21.0. The lowest BCUT2D eigenvalue weighted by molar-refractivity contribution is -0.140. The van der Waals surface area contributed by atoms with E-state index in [1.807, 2.05) is 61.4 Å². The van der Waals surface area contributed by atoms with Crippen LogP contribution in [0.2, 0.25) is 0 Å². The van der Waals surface area contributed by atoms with Crippen molar-refractivity contribution in [3.8, 4) is 10.6 Å². The normalized spacial score (nSPS) is 20.5. The van der Waals surface area contributed by atoms with E-state index in [-0.39, 0.29) is 18.0 Å². The summed E-state index contributed by atoms with van der Waals surface area (Å²) >= 11 is 1.56. The maximum Gasteiger partial charge on any atom is 0.228 e. The summed E-state index contributed by atoms with van der Waals surface area (Å²) in [6, 6.07) is 9.40. The van der Waals surface area contributed by atoms with Crippen LogP contribution in [0.5, 0.6) is 0 Å². The van der Waals surface area contributed by atoms with E-state index in [0.29, 0.717) is 19.4 Å². The highest BCUT2D eigenvalue weighted by atomic mass is 32.2. The Balaban J connectivity index is 1.85. The van der Waals surface area contributed by atoms with E-state index < -0.39 is 15.4 Å². The highest BCUT2D eigenvalue weighted by molar-refractivity contribution is 7.88. The topological polar surface area (TPSA) is 79.4 Å². The van der Waals surface area contributed by atoms with Gasteiger partial charge in [-0.25, -0.2) is 18.1 Å². The first-order valence-electron chi connectivity index (χ1n) is 9.33. The minimum atomic E-state index is -3.36. The van der Waals surface area contributed by atoms with Crippen molar-refractivity contribution in [1.82, 2.24) is 14.6 Å². The van der Waals surface area contributed by atoms with Crippen LogP contribution in [0, 0.1) is 5.41 Å². The third-order valence-electron chi connectivity index (χ3n) is 4.80. The van der Waals surface area contributed by atoms with Crippen molar-refractivity contribution in [3.63, 3.8) is 0 Å². The van der Waals surface area contributed by atoms with Crippen molar-refractivity contribution in [2.24, 2.45) is 5.41 Å². The zero-order valence-electron chi connectivity index (χ0n) is 16.7. The molecule has 3 rings (SSSR count). The van der Waals surface area contributed by atoms with Crippen LogP contribution in [0.25, 0.3) is 10.6 Å². The molecule has 2 aromatic rings. The molecule has 0 aliphatic carbocycles. The molecular formula is C20H27N3O3S2. The maximum atomic E-state index is 12.9. The highest BCUT2D eigenvalue weighted by Crippen LogP contribution is 2.30. The summed E-state index contributed by atoms with van der Waals surface area (Å²) in [7, 11) is -3.36. The van der Waals surface area contributed by atoms with E-state index in [4.69, 9.17) is 4.98 Å². The molecule has 1 N–H and O–H groups in total. The van der Waals surface area contributed by atoms with Crippen LogP contribution in [0.1, 0.15) is 32.9 Å². The van der Waals surface area contributed by atoms with Gasteiger partial charge in [-0.15, -0.1) is 11.3 Å². The molecule has 2 heterocycles. The minimum absolute atomic E-state index is 0.0359. The molecule has 1 aliphatic rings. The van der Waals surface area contributed by atoms with Crippen LogP contribution in [0.3, 0.4) is 0 Å². The Bertz CT molecular complexity index is 933. The average molecular weight is 422 g/mol. The lowest BCUT2D eigenvalue weighted by atomic mass is 9.93. The van der Waals surface area contributed by atoms with Gasteiger partial charge in [-0.2, -0.15) is 0 Å². The van der Waals surface area contributed by atoms with Crippen LogP contribution in [0.15, 0.2) is 35.7 Å². The van der Waals surface area contributed by atoms with Crippen molar-refractivity contribution in [3.05, 3.63) is 41.4 Å². The Morgan fingerprint density at radius 1 is 1.29 bits per heavy atom. The van der Waals surface area contributed by atoms with Gasteiger partial charge in [0, 0.05) is 35.4 Å². The second-order valence-corrected chi connectivity index (χ2v) is 11.0. The van der Waals surface area contributed by atoms with Gasteiger partial charge in [0.25, 0.3) is 0 Å². The Kier molecular flexibility index (Phi) is 5.93. The number of benzene rings is 1. The van der Waals surface area contributed by atoms with Crippen molar-refractivity contribution in [1.29, 1.82) is 0 Å². The molecule has 0 saturated carbocycles. The molecular weight excluding hydrogens is 394 g/mol. The van der Waals surface area contributed by atoms with Crippen LogP contribution in [0.4, 0.5) is 0 Å². The third-order valence-corrected chi connectivity index (χ3v) is 6.48. The number of carbonyl (C=O) groups is 1. The molecule has 2 atom stereocenters. The number of aromatic nitrogens is 1. The lowest BCUT2D eigenvalue weighted by Gasteiger charge is -2.32. The van der Waals surface area contributed by atoms with E-state index in [1.165, 1.54) is 0 Å². The number of thiazole rings is 1. The molecule has 152 valence electrons. The lowest BCUT2D eigenvalue weighted by Crippen LogP contribution is -2.50. The first-order valence-corrected chi connectivity index (χ1v) is 12.1. The SMILES string of the molecule is CC(C)(C)C(=O)N1CC[C@@H](NS(C)(=O)=O)[C@H]1Cc1csc(-c2ccccc2)n1. The zero-order chi connectivity index (χ0) is 20.5. The van der Waals surface area contributed by atoms with E-state index >= 15 is 0 Å². The summed E-state index contributed by atoms with van der Waals surface area (Å²) in [6.07, 6.45) is 2.29. The molecule has 1 fully saturated rings. The fourth-order valence-corrected chi connectivity index (χ4v) is 5.19. The Morgan fingerprint density at radius 2 is 1.96 bits per heavy atom. The number of rotatable bonds is 5. The molecule has 0 unspecified atom stereocenters. The molecule has 0 radical (unpaired) electrons. The summed E-state index contributed by atoms with van der Waals surface area (Å²) < 4.78 is 26.4. The molecule has 1 aromatic carbocycles. The number of hydrogen-bond acceptors (Lipinski definition) is 5. The number of hydrogen-bond donors (Lipinski definition) is 1. The Labute approximate surface area is 171 Å². The van der Waals surface area contributed by atoms with Crippen molar-refractivity contribution < 1.29 is 13.2 Å². The van der Waals surface area contributed by atoms with Gasteiger partial charge in [-0.05, 0) is 6.42 Å². The molecule has 1 saturated heterocycles. The molecule has 1 aromatic heterocycles. The second kappa shape index (κ2) is 7.93. The quantitative estimate of drug-likeness (QED) is 0.805. The van der Waals surface area contributed by atoms with Gasteiger partial charge in [-0.1, -0.05) is 51.1 Å². The van der Waals surface area contributed by atoms with Gasteiger partial charge >= 0.3 is 0 Å². The number of sulfonamides is 1. The summed E-state index contributed by atoms with van der Waals surface area (Å²) in [5.74, 6) is 0.0359. The Hall–Kier alpha value is -1.77. The van der Waals surface area contributed by atoms with Crippen molar-refractivity contribution in [2.45, 2.75) is 45.7 Å². The van der Waals surface area contributed by atoms with Crippen LogP contribution in [-0.4, -0.2) is 49.1 Å². The van der Waals surface area contributed by atoms with E-state index in [0.717, 1.165) is 22.5 Å². The van der Waals surface area contributed by atoms with Crippen LogP contribution >= 0.6 is 11.3 Å². The number of carbonyl (C=O) groups excluding carboxylic acids is 1. The summed E-state index contributed by atoms with van der Waals surface area (Å²) in [6.45, 7) is 6.21. The van der Waals surface area contributed by atoms with Crippen LogP contribution < -0.4 is 4.72 Å². The van der Waals surface area contributed by atoms with E-state index in [9.17, 15) is 13.2 Å². The minimum Gasteiger partial charge on any atom is -0.337 e. The molecule has 6 nitrogen and oxygen atoms in total. The van der Waals surface area contributed by atoms with Crippen LogP contribution in [-0.2, 0) is 21.2 Å². The predicted octanol–water partition coefficient (Wildman–Crippen LogP) is 2.92. The largest absolute Gasteiger partial charge is 0.337 e. The summed E-state index contributed by atoms with van der Waals surface area (Å²) in [5.41, 5.74) is 1.41. The molecule has 1 amide bonds. The second-order valence-electron chi connectivity index (χ2n) is 8.32. The monoisotopic (exact) mass is 421 g/mol. The molecule has 0 bridgehead atoms. The number of likely N-dealkylation sites (tertiary alicyclic amines) is 1. The Morgan fingerprint density at radius 3 is 2.57 bits per heavy atom. The van der Waals surface area contributed by atoms with Crippen molar-refractivity contribution in [2.75, 3.05) is 12.8 Å². The number of nitrogens with one attached hydrogen (secondary N) is 1. The predicted molar refractivity (Wildman–Crippen MR) is 113 cm³/mol. The number of amides is 1. The molecule has 1 aliphatic heterocycles. The zero-order valence-corrected chi connectivity index (χ0v) is 18.3.